The third-order valence-electron chi connectivity index (χ3n) is 4.17. The summed E-state index contributed by atoms with van der Waals surface area (Å²) in [5.74, 6) is 0.346. The van der Waals surface area contributed by atoms with Crippen molar-refractivity contribution in [3.05, 3.63) is 52.6 Å². The van der Waals surface area contributed by atoms with Crippen molar-refractivity contribution in [3.8, 4) is 0 Å². The lowest BCUT2D eigenvalue weighted by Gasteiger charge is -2.17. The van der Waals surface area contributed by atoms with Gasteiger partial charge >= 0.3 is 5.82 Å². The average Bonchev–Trinajstić information content (AvgIpc) is 3.09. The van der Waals surface area contributed by atoms with E-state index in [4.69, 9.17) is 17.4 Å². The van der Waals surface area contributed by atoms with Crippen LogP contribution in [0, 0.1) is 10.1 Å². The Morgan fingerprint density at radius 2 is 2.07 bits per heavy atom. The molecule has 1 aromatic heterocycles. The summed E-state index contributed by atoms with van der Waals surface area (Å²) in [6.07, 6.45) is 0.767. The Bertz CT molecular complexity index is 1010. The average molecular weight is 422 g/mol. The molecular weight excluding hydrogens is 404 g/mol. The molecule has 0 unspecified atom stereocenters. The smallest absolute Gasteiger partial charge is 0.358 e. The van der Waals surface area contributed by atoms with Crippen LogP contribution in [0.25, 0.3) is 0 Å². The summed E-state index contributed by atoms with van der Waals surface area (Å²) in [4.78, 5) is 16.3. The van der Waals surface area contributed by atoms with E-state index in [0.29, 0.717) is 29.7 Å². The van der Waals surface area contributed by atoms with Crippen LogP contribution in [0.4, 0.5) is 17.3 Å². The highest BCUT2D eigenvalue weighted by molar-refractivity contribution is 7.89. The van der Waals surface area contributed by atoms with Crippen LogP contribution in [-0.2, 0) is 10.0 Å². The predicted molar refractivity (Wildman–Crippen MR) is 109 cm³/mol. The van der Waals surface area contributed by atoms with Gasteiger partial charge in [-0.05, 0) is 52.8 Å². The maximum Gasteiger partial charge on any atom is 0.365 e. The Hall–Kier alpha value is -2.83. The number of pyridine rings is 1. The van der Waals surface area contributed by atoms with Crippen LogP contribution in [0.15, 0.2) is 47.4 Å². The molecule has 148 valence electrons. The standard InChI is InChI=1S/C16H18N6O4S2/c17-28(25,26)13-4-1-3-11(9-13)18-16(27)19-12-7-8-21(10-12)14-5-2-6-15(20-14)22(23)24/h1-6,9,12H,7-8,10H2,(H2,17,25,26)(H2,18,19,27)/t12-/m1/s1. The molecular formula is C16H18N6O4S2. The van der Waals surface area contributed by atoms with E-state index in [9.17, 15) is 18.5 Å². The number of hydrogen-bond donors (Lipinski definition) is 3. The highest BCUT2D eigenvalue weighted by Crippen LogP contribution is 2.21. The molecule has 1 saturated heterocycles. The van der Waals surface area contributed by atoms with Gasteiger partial charge in [0.15, 0.2) is 5.11 Å². The van der Waals surface area contributed by atoms with Gasteiger partial charge in [0.1, 0.15) is 0 Å². The molecule has 10 nitrogen and oxygen atoms in total. The summed E-state index contributed by atoms with van der Waals surface area (Å²) in [5, 5.41) is 22.4. The van der Waals surface area contributed by atoms with Crippen molar-refractivity contribution in [3.63, 3.8) is 0 Å². The van der Waals surface area contributed by atoms with Crippen molar-refractivity contribution in [2.45, 2.75) is 17.4 Å². The van der Waals surface area contributed by atoms with Crippen LogP contribution in [0.3, 0.4) is 0 Å². The molecule has 28 heavy (non-hydrogen) atoms. The SMILES string of the molecule is NS(=O)(=O)c1cccc(NC(=S)N[C@@H]2CCN(c3cccc([N+](=O)[O-])n3)C2)c1. The van der Waals surface area contributed by atoms with Gasteiger partial charge < -0.3 is 25.6 Å². The van der Waals surface area contributed by atoms with Crippen LogP contribution >= 0.6 is 12.2 Å². The van der Waals surface area contributed by atoms with Gasteiger partial charge in [0.05, 0.1) is 4.90 Å². The first-order chi connectivity index (χ1) is 13.2. The molecule has 3 rings (SSSR count). The van der Waals surface area contributed by atoms with Crippen LogP contribution in [0.2, 0.25) is 0 Å². The number of thiocarbonyl (C=S) groups is 1. The lowest BCUT2D eigenvalue weighted by atomic mass is 10.3. The molecule has 1 atom stereocenters. The maximum atomic E-state index is 11.4. The van der Waals surface area contributed by atoms with Crippen molar-refractivity contribution in [1.29, 1.82) is 0 Å². The molecule has 0 bridgehead atoms. The van der Waals surface area contributed by atoms with Crippen LogP contribution < -0.4 is 20.7 Å². The Labute approximate surface area is 166 Å². The number of rotatable bonds is 5. The van der Waals surface area contributed by atoms with Crippen molar-refractivity contribution in [2.24, 2.45) is 5.14 Å². The molecule has 4 N–H and O–H groups in total. The Morgan fingerprint density at radius 1 is 1.32 bits per heavy atom. The number of nitro groups is 1. The number of nitrogens with zero attached hydrogens (tertiary/aromatic N) is 3. The maximum absolute atomic E-state index is 11.4. The second-order valence-electron chi connectivity index (χ2n) is 6.21. The minimum Gasteiger partial charge on any atom is -0.358 e. The van der Waals surface area contributed by atoms with E-state index >= 15 is 0 Å². The van der Waals surface area contributed by atoms with E-state index in [0.717, 1.165) is 6.42 Å². The van der Waals surface area contributed by atoms with Crippen molar-refractivity contribution < 1.29 is 13.3 Å². The fourth-order valence-corrected chi connectivity index (χ4v) is 3.72. The molecule has 1 aromatic carbocycles. The summed E-state index contributed by atoms with van der Waals surface area (Å²) in [7, 11) is -3.80. The number of nitrogens with two attached hydrogens (primary N) is 1. The molecule has 1 aliphatic rings. The van der Waals surface area contributed by atoms with Gasteiger partial charge in [0.2, 0.25) is 15.8 Å². The van der Waals surface area contributed by atoms with E-state index < -0.39 is 14.9 Å². The molecule has 0 aliphatic carbocycles. The number of aromatic nitrogens is 1. The third-order valence-corrected chi connectivity index (χ3v) is 5.31. The van der Waals surface area contributed by atoms with Crippen LogP contribution in [0.5, 0.6) is 0 Å². The molecule has 0 spiro atoms. The fourth-order valence-electron chi connectivity index (χ4n) is 2.88. The quantitative estimate of drug-likeness (QED) is 0.368. The van der Waals surface area contributed by atoms with E-state index in [1.165, 1.54) is 18.2 Å². The molecule has 2 aromatic rings. The van der Waals surface area contributed by atoms with Gasteiger partial charge in [-0.15, -0.1) is 0 Å². The lowest BCUT2D eigenvalue weighted by Crippen LogP contribution is -2.39. The first kappa shape index (κ1) is 19.9. The first-order valence-corrected chi connectivity index (χ1v) is 10.2. The van der Waals surface area contributed by atoms with Gasteiger partial charge in [0, 0.05) is 37.0 Å². The number of nitrogens with one attached hydrogen (secondary N) is 2. The summed E-state index contributed by atoms with van der Waals surface area (Å²) in [6.45, 7) is 1.25. The van der Waals surface area contributed by atoms with E-state index in [-0.39, 0.29) is 16.8 Å². The third kappa shape index (κ3) is 4.91. The highest BCUT2D eigenvalue weighted by Gasteiger charge is 2.27. The minimum absolute atomic E-state index is 0.0101. The van der Waals surface area contributed by atoms with Crippen molar-refractivity contribution >= 4 is 44.7 Å². The molecule has 12 heteroatoms. The molecule has 1 fully saturated rings. The van der Waals surface area contributed by atoms with Gasteiger partial charge in [-0.1, -0.05) is 6.07 Å². The number of hydrogen-bond acceptors (Lipinski definition) is 7. The number of benzene rings is 1. The number of sulfonamides is 1. The largest absolute Gasteiger partial charge is 0.365 e. The summed E-state index contributed by atoms with van der Waals surface area (Å²) in [6, 6.07) is 10.7. The summed E-state index contributed by atoms with van der Waals surface area (Å²) < 4.78 is 22.9. The Morgan fingerprint density at radius 3 is 2.79 bits per heavy atom. The molecule has 0 radical (unpaired) electrons. The number of anilines is 2. The second kappa shape index (κ2) is 8.04. The molecule has 0 saturated carbocycles. The zero-order valence-electron chi connectivity index (χ0n) is 14.6. The minimum atomic E-state index is -3.80. The first-order valence-electron chi connectivity index (χ1n) is 8.29. The van der Waals surface area contributed by atoms with E-state index in [1.54, 1.807) is 24.3 Å². The monoisotopic (exact) mass is 422 g/mol. The molecule has 1 aliphatic heterocycles. The summed E-state index contributed by atoms with van der Waals surface area (Å²) >= 11 is 5.29. The summed E-state index contributed by atoms with van der Waals surface area (Å²) in [5.41, 5.74) is 0.499. The normalized spacial score (nSPS) is 16.6. The fraction of sp³-hybridized carbons (Fsp3) is 0.250. The van der Waals surface area contributed by atoms with E-state index in [1.807, 2.05) is 4.90 Å². The second-order valence-corrected chi connectivity index (χ2v) is 8.18. The topological polar surface area (TPSA) is 143 Å². The Balaban J connectivity index is 1.59. The predicted octanol–water partition coefficient (Wildman–Crippen LogP) is 1.20. The van der Waals surface area contributed by atoms with Crippen molar-refractivity contribution in [2.75, 3.05) is 23.3 Å². The highest BCUT2D eigenvalue weighted by atomic mass is 32.2. The van der Waals surface area contributed by atoms with Gasteiger partial charge in [0.25, 0.3) is 0 Å². The Kier molecular flexibility index (Phi) is 5.72. The van der Waals surface area contributed by atoms with Crippen LogP contribution in [-0.4, -0.2) is 42.6 Å². The number of primary sulfonamides is 1. The van der Waals surface area contributed by atoms with Gasteiger partial charge in [-0.2, -0.15) is 0 Å². The lowest BCUT2D eigenvalue weighted by molar-refractivity contribution is -0.389. The van der Waals surface area contributed by atoms with Crippen molar-refractivity contribution in [1.82, 2.24) is 10.3 Å². The zero-order chi connectivity index (χ0) is 20.3. The van der Waals surface area contributed by atoms with Crippen LogP contribution in [0.1, 0.15) is 6.42 Å². The van der Waals surface area contributed by atoms with Gasteiger partial charge in [-0.3, -0.25) is 0 Å². The zero-order valence-corrected chi connectivity index (χ0v) is 16.2. The molecule has 0 amide bonds. The molecule has 2 heterocycles. The van der Waals surface area contributed by atoms with E-state index in [2.05, 4.69) is 15.6 Å². The van der Waals surface area contributed by atoms with Gasteiger partial charge in [-0.25, -0.2) is 13.6 Å².